The molecule has 1 aliphatic carbocycles. The minimum Gasteiger partial charge on any atom is -0.291 e. The van der Waals surface area contributed by atoms with Crippen LogP contribution in [-0.4, -0.2) is 27.8 Å². The summed E-state index contributed by atoms with van der Waals surface area (Å²) in [6.07, 6.45) is 3.78. The molecule has 1 heterocycles. The fraction of sp³-hybridized carbons (Fsp3) is 0.846. The van der Waals surface area contributed by atoms with Crippen LogP contribution < -0.4 is 0 Å². The van der Waals surface area contributed by atoms with Gasteiger partial charge in [-0.2, -0.15) is 12.6 Å². The minimum atomic E-state index is 0.0728. The molecule has 2 rings (SSSR count). The Morgan fingerprint density at radius 2 is 1.87 bits per heavy atom. The summed E-state index contributed by atoms with van der Waals surface area (Å²) in [6.45, 7) is 12.6. The molecular weight excluding hydrogens is 202 g/mol. The second-order valence-electron chi connectivity index (χ2n) is 6.50. The molecule has 1 aliphatic heterocycles. The molecule has 2 bridgehead atoms. The maximum absolute atomic E-state index is 4.70. The van der Waals surface area contributed by atoms with Gasteiger partial charge in [0.15, 0.2) is 0 Å². The molecule has 2 unspecified atom stereocenters. The fourth-order valence-electron chi connectivity index (χ4n) is 3.07. The Bertz CT molecular complexity index is 293. The molecule has 0 radical (unpaired) electrons. The van der Waals surface area contributed by atoms with Crippen molar-refractivity contribution in [2.75, 3.05) is 6.54 Å². The van der Waals surface area contributed by atoms with E-state index in [1.165, 1.54) is 13.0 Å². The van der Waals surface area contributed by atoms with E-state index in [4.69, 9.17) is 12.6 Å². The summed E-state index contributed by atoms with van der Waals surface area (Å²) < 4.78 is 0.0728. The zero-order chi connectivity index (χ0) is 11.4. The lowest BCUT2D eigenvalue weighted by molar-refractivity contribution is 0.134. The normalized spacial score (nSPS) is 32.3. The molecule has 1 nitrogen and oxygen atoms in total. The predicted molar refractivity (Wildman–Crippen MR) is 69.5 cm³/mol. The Balaban J connectivity index is 2.19. The first-order chi connectivity index (χ1) is 6.69. The van der Waals surface area contributed by atoms with Gasteiger partial charge in [-0.15, -0.1) is 0 Å². The summed E-state index contributed by atoms with van der Waals surface area (Å²) in [5.74, 6) is 0.752. The Kier molecular flexibility index (Phi) is 2.51. The number of hydrogen-bond donors (Lipinski definition) is 1. The maximum atomic E-state index is 4.70. The van der Waals surface area contributed by atoms with Crippen LogP contribution >= 0.6 is 12.6 Å². The van der Waals surface area contributed by atoms with Crippen molar-refractivity contribution in [2.45, 2.75) is 57.4 Å². The molecule has 2 aliphatic rings. The highest BCUT2D eigenvalue weighted by atomic mass is 32.1. The van der Waals surface area contributed by atoms with Gasteiger partial charge in [-0.25, -0.2) is 0 Å². The van der Waals surface area contributed by atoms with Crippen LogP contribution in [0.25, 0.3) is 0 Å². The van der Waals surface area contributed by atoms with Gasteiger partial charge in [0.2, 0.25) is 0 Å². The van der Waals surface area contributed by atoms with Crippen LogP contribution in [0, 0.1) is 5.92 Å². The second kappa shape index (κ2) is 3.27. The van der Waals surface area contributed by atoms with Crippen molar-refractivity contribution in [3.8, 4) is 0 Å². The van der Waals surface area contributed by atoms with E-state index in [2.05, 4.69) is 45.6 Å². The average molecular weight is 225 g/mol. The maximum Gasteiger partial charge on any atom is 0.0293 e. The molecule has 0 amide bonds. The van der Waals surface area contributed by atoms with Crippen LogP contribution in [0.4, 0.5) is 0 Å². The van der Waals surface area contributed by atoms with Gasteiger partial charge in [0.05, 0.1) is 0 Å². The van der Waals surface area contributed by atoms with Crippen molar-refractivity contribution < 1.29 is 0 Å². The topological polar surface area (TPSA) is 3.24 Å². The highest BCUT2D eigenvalue weighted by Crippen LogP contribution is 2.46. The molecule has 1 fully saturated rings. The summed E-state index contributed by atoms with van der Waals surface area (Å²) in [5, 5.41) is 0. The summed E-state index contributed by atoms with van der Waals surface area (Å²) in [6, 6.07) is 0.663. The zero-order valence-corrected chi connectivity index (χ0v) is 11.4. The monoisotopic (exact) mass is 225 g/mol. The van der Waals surface area contributed by atoms with Crippen LogP contribution in [0.15, 0.2) is 11.6 Å². The van der Waals surface area contributed by atoms with E-state index < -0.39 is 0 Å². The smallest absolute Gasteiger partial charge is 0.0293 e. The summed E-state index contributed by atoms with van der Waals surface area (Å²) >= 11 is 4.70. The predicted octanol–water partition coefficient (Wildman–Crippen LogP) is 3.12. The van der Waals surface area contributed by atoms with Crippen LogP contribution in [0.3, 0.4) is 0 Å². The van der Waals surface area contributed by atoms with E-state index in [9.17, 15) is 0 Å². The molecule has 0 saturated carbocycles. The van der Waals surface area contributed by atoms with Gasteiger partial charge in [0.25, 0.3) is 0 Å². The van der Waals surface area contributed by atoms with Crippen molar-refractivity contribution in [3.05, 3.63) is 11.6 Å². The van der Waals surface area contributed by atoms with Crippen molar-refractivity contribution in [1.29, 1.82) is 0 Å². The number of nitrogens with zero attached hydrogens (tertiary/aromatic N) is 1. The van der Waals surface area contributed by atoms with Gasteiger partial charge in [0.1, 0.15) is 0 Å². The quantitative estimate of drug-likeness (QED) is 0.530. The first-order valence-electron chi connectivity index (χ1n) is 5.91. The molecular formula is C13H23NS. The highest BCUT2D eigenvalue weighted by molar-refractivity contribution is 7.82. The lowest BCUT2D eigenvalue weighted by Crippen LogP contribution is -2.46. The van der Waals surface area contributed by atoms with Gasteiger partial charge in [-0.3, -0.25) is 4.90 Å². The van der Waals surface area contributed by atoms with Crippen LogP contribution in [-0.2, 0) is 0 Å². The molecule has 0 spiro atoms. The second-order valence-corrected chi connectivity index (χ2v) is 7.62. The largest absolute Gasteiger partial charge is 0.291 e. The van der Waals surface area contributed by atoms with Crippen molar-refractivity contribution in [1.82, 2.24) is 4.90 Å². The van der Waals surface area contributed by atoms with Gasteiger partial charge in [-0.05, 0) is 47.0 Å². The molecule has 1 saturated heterocycles. The molecule has 0 aromatic heterocycles. The van der Waals surface area contributed by atoms with E-state index in [0.717, 1.165) is 5.92 Å². The SMILES string of the molecule is CC(C)(S)C1=CC2CC1CN2C(C)(C)C. The number of fused-ring (bicyclic) bond motifs is 2. The van der Waals surface area contributed by atoms with E-state index in [-0.39, 0.29) is 4.75 Å². The number of thiol groups is 1. The van der Waals surface area contributed by atoms with Crippen LogP contribution in [0.5, 0.6) is 0 Å². The van der Waals surface area contributed by atoms with E-state index in [0.29, 0.717) is 11.6 Å². The number of hydrogen-bond acceptors (Lipinski definition) is 2. The Labute approximate surface area is 99.3 Å². The van der Waals surface area contributed by atoms with Crippen LogP contribution in [0.2, 0.25) is 0 Å². The zero-order valence-electron chi connectivity index (χ0n) is 10.5. The first-order valence-corrected chi connectivity index (χ1v) is 6.35. The van der Waals surface area contributed by atoms with Gasteiger partial charge in [-0.1, -0.05) is 11.6 Å². The van der Waals surface area contributed by atoms with Crippen molar-refractivity contribution >= 4 is 12.6 Å². The molecule has 2 atom stereocenters. The third-order valence-corrected chi connectivity index (χ3v) is 3.98. The molecule has 2 heteroatoms. The Morgan fingerprint density at radius 1 is 1.27 bits per heavy atom. The molecule has 15 heavy (non-hydrogen) atoms. The van der Waals surface area contributed by atoms with E-state index in [1.54, 1.807) is 5.57 Å². The standard InChI is InChI=1S/C13H23NS/c1-12(2,3)14-8-9-6-10(14)7-11(9)13(4,5)15/h7,9-10,15H,6,8H2,1-5H3. The van der Waals surface area contributed by atoms with Crippen molar-refractivity contribution in [2.24, 2.45) is 5.92 Å². The minimum absolute atomic E-state index is 0.0728. The first kappa shape index (κ1) is 11.5. The number of likely N-dealkylation sites (tertiary alicyclic amines) is 1. The van der Waals surface area contributed by atoms with E-state index >= 15 is 0 Å². The fourth-order valence-corrected chi connectivity index (χ4v) is 3.32. The summed E-state index contributed by atoms with van der Waals surface area (Å²) in [4.78, 5) is 2.63. The number of rotatable bonds is 1. The van der Waals surface area contributed by atoms with Crippen LogP contribution in [0.1, 0.15) is 41.0 Å². The Morgan fingerprint density at radius 3 is 2.20 bits per heavy atom. The van der Waals surface area contributed by atoms with E-state index in [1.807, 2.05) is 0 Å². The lowest BCUT2D eigenvalue weighted by atomic mass is 9.91. The average Bonchev–Trinajstić information content (AvgIpc) is 2.57. The molecule has 0 aromatic rings. The highest BCUT2D eigenvalue weighted by Gasteiger charge is 2.45. The van der Waals surface area contributed by atoms with Gasteiger partial charge < -0.3 is 0 Å². The summed E-state index contributed by atoms with van der Waals surface area (Å²) in [5.41, 5.74) is 1.87. The molecule has 0 aromatic carbocycles. The third-order valence-electron chi connectivity index (χ3n) is 3.72. The lowest BCUT2D eigenvalue weighted by Gasteiger charge is -2.39. The Hall–Kier alpha value is 0.0500. The summed E-state index contributed by atoms with van der Waals surface area (Å²) in [7, 11) is 0. The van der Waals surface area contributed by atoms with Gasteiger partial charge >= 0.3 is 0 Å². The molecule has 86 valence electrons. The third kappa shape index (κ3) is 1.99. The van der Waals surface area contributed by atoms with Gasteiger partial charge in [0, 0.05) is 22.9 Å². The van der Waals surface area contributed by atoms with Crippen molar-refractivity contribution in [3.63, 3.8) is 0 Å². The molecule has 0 N–H and O–H groups in total.